The van der Waals surface area contributed by atoms with Gasteiger partial charge >= 0.3 is 17.4 Å². The minimum Gasteiger partial charge on any atom is -1.00 e. The molecule has 0 amide bonds. The van der Waals surface area contributed by atoms with Crippen LogP contribution in [0.1, 0.15) is 16.1 Å². The van der Waals surface area contributed by atoms with Crippen molar-refractivity contribution in [2.24, 2.45) is 7.05 Å². The van der Waals surface area contributed by atoms with Crippen molar-refractivity contribution in [1.82, 2.24) is 4.57 Å². The topological polar surface area (TPSA) is 45.8 Å². The van der Waals surface area contributed by atoms with Crippen LogP contribution in [0.2, 0.25) is 0 Å². The molecule has 1 aromatic rings. The molecule has 0 aliphatic carbocycles. The van der Waals surface area contributed by atoms with Crippen molar-refractivity contribution in [2.45, 2.75) is 0 Å². The van der Waals surface area contributed by atoms with Crippen molar-refractivity contribution in [2.75, 3.05) is 0 Å². The van der Waals surface area contributed by atoms with Gasteiger partial charge in [-0.3, -0.25) is 4.79 Å². The van der Waals surface area contributed by atoms with Gasteiger partial charge in [0.25, 0.3) is 0 Å². The van der Waals surface area contributed by atoms with Crippen LogP contribution in [0.3, 0.4) is 0 Å². The Labute approximate surface area is 112 Å². The predicted molar refractivity (Wildman–Crippen MR) is 41.3 cm³/mol. The van der Waals surface area contributed by atoms with Crippen LogP contribution in [-0.2, 0) is 7.05 Å². The maximum absolute atomic E-state index is 10.2. The van der Waals surface area contributed by atoms with Crippen molar-refractivity contribution in [1.29, 1.82) is 5.26 Å². The van der Waals surface area contributed by atoms with Crippen LogP contribution >= 0.6 is 0 Å². The predicted octanol–water partition coefficient (Wildman–Crippen LogP) is -8.66. The average Bonchev–Trinajstić information content (AvgIpc) is 2.30. The van der Waals surface area contributed by atoms with Gasteiger partial charge in [0.1, 0.15) is 11.8 Å². The Morgan fingerprint density at radius 3 is 2.14 bits per heavy atom. The Morgan fingerprint density at radius 1 is 1.43 bits per heavy atom. The van der Waals surface area contributed by atoms with Crippen molar-refractivity contribution in [3.05, 3.63) is 23.5 Å². The third kappa shape index (κ3) is 5.55. The smallest absolute Gasteiger partial charge is 1.00 e. The number of rotatable bonds is 1. The van der Waals surface area contributed by atoms with E-state index in [1.165, 1.54) is 0 Å². The molecule has 0 spiro atoms. The van der Waals surface area contributed by atoms with Crippen molar-refractivity contribution in [3.8, 4) is 6.07 Å². The third-order valence-corrected chi connectivity index (χ3v) is 1.28. The number of aromatic nitrogens is 1. The summed E-state index contributed by atoms with van der Waals surface area (Å²) in [6.45, 7) is 0. The van der Waals surface area contributed by atoms with E-state index in [-0.39, 0.29) is 54.6 Å². The summed E-state index contributed by atoms with van der Waals surface area (Å²) in [6.07, 6.45) is 2.34. The zero-order chi connectivity index (χ0) is 7.56. The molecule has 0 saturated heterocycles. The van der Waals surface area contributed by atoms with Gasteiger partial charge < -0.3 is 41.8 Å². The summed E-state index contributed by atoms with van der Waals surface area (Å²) in [5.74, 6) is 0. The van der Waals surface area contributed by atoms with Crippen LogP contribution in [0.4, 0.5) is 0 Å². The first-order chi connectivity index (χ1) is 4.77. The molecule has 0 aliphatic rings. The molecular formula is C7H6AlCl3N2O. The molecule has 14 heavy (non-hydrogen) atoms. The zero-order valence-electron chi connectivity index (χ0n) is 7.25. The summed E-state index contributed by atoms with van der Waals surface area (Å²) in [4.78, 5) is 10.2. The van der Waals surface area contributed by atoms with Gasteiger partial charge in [-0.1, -0.05) is 0 Å². The molecule has 0 bridgehead atoms. The van der Waals surface area contributed by atoms with Crippen molar-refractivity contribution < 1.29 is 42.0 Å². The van der Waals surface area contributed by atoms with Crippen LogP contribution in [0.15, 0.2) is 12.3 Å². The average molecular weight is 267 g/mol. The van der Waals surface area contributed by atoms with Gasteiger partial charge in [-0.15, -0.1) is 0 Å². The Kier molecular flexibility index (Phi) is 18.4. The van der Waals surface area contributed by atoms with Crippen LogP contribution in [0, 0.1) is 11.3 Å². The van der Waals surface area contributed by atoms with Gasteiger partial charge in [0, 0.05) is 18.8 Å². The molecule has 0 atom stereocenters. The first-order valence-corrected chi connectivity index (χ1v) is 2.79. The minimum atomic E-state index is 0. The maximum atomic E-state index is 10.2. The second kappa shape index (κ2) is 10.9. The Bertz CT molecular complexity index is 308. The molecule has 1 rings (SSSR count). The molecule has 1 heterocycles. The first-order valence-electron chi connectivity index (χ1n) is 2.79. The molecular weight excluding hydrogens is 261 g/mol. The number of carbonyl (C=O) groups is 1. The molecule has 0 saturated carbocycles. The monoisotopic (exact) mass is 266 g/mol. The van der Waals surface area contributed by atoms with E-state index in [0.717, 1.165) is 6.29 Å². The molecule has 0 fully saturated rings. The summed E-state index contributed by atoms with van der Waals surface area (Å²) < 4.78 is 1.61. The number of nitriles is 1. The molecule has 0 aromatic carbocycles. The van der Waals surface area contributed by atoms with Gasteiger partial charge in [0.05, 0.1) is 0 Å². The van der Waals surface area contributed by atoms with Crippen LogP contribution < -0.4 is 37.2 Å². The molecule has 3 nitrogen and oxygen atoms in total. The molecule has 7 heteroatoms. The summed E-state index contributed by atoms with van der Waals surface area (Å²) in [6, 6.07) is 3.50. The van der Waals surface area contributed by atoms with Gasteiger partial charge in [-0.25, -0.2) is 0 Å². The number of carbonyl (C=O) groups excluding carboxylic acids is 1. The summed E-state index contributed by atoms with van der Waals surface area (Å²) in [7, 11) is 1.73. The second-order valence-electron chi connectivity index (χ2n) is 2.00. The Morgan fingerprint density at radius 2 is 1.93 bits per heavy atom. The fourth-order valence-corrected chi connectivity index (χ4v) is 0.766. The minimum absolute atomic E-state index is 0. The Hall–Kier alpha value is -0.158. The standard InChI is InChI=1S/C7H6N2O.Al.3ClH/c1-9-4-6(5-10)2-7(9)3-8;;;;/h2,4-5H,1H3;;3*1H/q;+3;;;/p-3. The molecule has 1 aromatic heterocycles. The number of halogens is 3. The van der Waals surface area contributed by atoms with Crippen LogP contribution in [-0.4, -0.2) is 28.2 Å². The van der Waals surface area contributed by atoms with Crippen molar-refractivity contribution >= 4 is 23.6 Å². The van der Waals surface area contributed by atoms with Crippen LogP contribution in [0.5, 0.6) is 0 Å². The molecule has 74 valence electrons. The van der Waals surface area contributed by atoms with E-state index in [1.807, 2.05) is 6.07 Å². The molecule has 0 aliphatic heterocycles. The number of hydrogen-bond acceptors (Lipinski definition) is 2. The molecule has 0 unspecified atom stereocenters. The first kappa shape index (κ1) is 23.6. The number of hydrogen-bond donors (Lipinski definition) is 0. The SMILES string of the molecule is Cn1cc(C=O)cc1C#N.[Al+3].[Cl-].[Cl-].[Cl-]. The summed E-state index contributed by atoms with van der Waals surface area (Å²) in [5.41, 5.74) is 1.04. The fourth-order valence-electron chi connectivity index (χ4n) is 0.766. The number of nitrogens with zero attached hydrogens (tertiary/aromatic N) is 2. The van der Waals surface area contributed by atoms with E-state index in [4.69, 9.17) is 5.26 Å². The zero-order valence-corrected chi connectivity index (χ0v) is 10.7. The van der Waals surface area contributed by atoms with Crippen molar-refractivity contribution in [3.63, 3.8) is 0 Å². The van der Waals surface area contributed by atoms with Gasteiger partial charge in [-0.2, -0.15) is 5.26 Å². The van der Waals surface area contributed by atoms with E-state index in [1.54, 1.807) is 23.9 Å². The van der Waals surface area contributed by atoms with Gasteiger partial charge in [-0.05, 0) is 6.07 Å². The van der Waals surface area contributed by atoms with Gasteiger partial charge in [0.2, 0.25) is 0 Å². The molecule has 0 radical (unpaired) electrons. The largest absolute Gasteiger partial charge is 3.00 e. The Balaban J connectivity index is -0.000000125. The van der Waals surface area contributed by atoms with E-state index in [2.05, 4.69) is 0 Å². The number of aryl methyl sites for hydroxylation is 1. The maximum Gasteiger partial charge on any atom is 3.00 e. The van der Waals surface area contributed by atoms with Gasteiger partial charge in [0.15, 0.2) is 6.29 Å². The molecule has 0 N–H and O–H groups in total. The number of aldehydes is 1. The second-order valence-corrected chi connectivity index (χ2v) is 2.00. The van der Waals surface area contributed by atoms with E-state index in [0.29, 0.717) is 11.3 Å². The van der Waals surface area contributed by atoms with Crippen LogP contribution in [0.25, 0.3) is 0 Å². The fraction of sp³-hybridized carbons (Fsp3) is 0.143. The normalized spacial score (nSPS) is 6.29. The third-order valence-electron chi connectivity index (χ3n) is 1.28. The van der Waals surface area contributed by atoms with E-state index < -0.39 is 0 Å². The quantitative estimate of drug-likeness (QED) is 0.375. The van der Waals surface area contributed by atoms with E-state index >= 15 is 0 Å². The summed E-state index contributed by atoms with van der Waals surface area (Å²) >= 11 is 0. The van der Waals surface area contributed by atoms with E-state index in [9.17, 15) is 4.79 Å². The summed E-state index contributed by atoms with van der Waals surface area (Å²) in [5, 5.41) is 8.44.